The fourth-order valence-corrected chi connectivity index (χ4v) is 4.41. The van der Waals surface area contributed by atoms with Gasteiger partial charge in [-0.1, -0.05) is 0 Å². The standard InChI is InChI=1S/C22H30N4O5.ClH/c1-30-19-3-2-15(14-18(19)26-13-8-20(27)24-22(26)29)21(28)25-11-6-17(7-12-25)31-16-4-9-23-10-5-16;/h2-3,14,16-17,23H,4-13H2,1H3,(H,24,27,29);1H. The molecule has 32 heavy (non-hydrogen) atoms. The summed E-state index contributed by atoms with van der Waals surface area (Å²) in [5.41, 5.74) is 0.987. The summed E-state index contributed by atoms with van der Waals surface area (Å²) in [6.45, 7) is 3.55. The summed E-state index contributed by atoms with van der Waals surface area (Å²) in [5, 5.41) is 5.66. The van der Waals surface area contributed by atoms with Crippen molar-refractivity contribution in [2.24, 2.45) is 0 Å². The zero-order chi connectivity index (χ0) is 21.8. The number of amides is 4. The minimum absolute atomic E-state index is 0. The molecule has 3 aliphatic rings. The van der Waals surface area contributed by atoms with Crippen molar-refractivity contribution in [3.8, 4) is 5.75 Å². The van der Waals surface area contributed by atoms with Crippen LogP contribution in [0.1, 0.15) is 42.5 Å². The van der Waals surface area contributed by atoms with Crippen molar-refractivity contribution in [1.29, 1.82) is 0 Å². The number of hydrogen-bond donors (Lipinski definition) is 2. The van der Waals surface area contributed by atoms with Gasteiger partial charge in [0.05, 0.1) is 25.0 Å². The first-order chi connectivity index (χ1) is 15.0. The summed E-state index contributed by atoms with van der Waals surface area (Å²) in [6.07, 6.45) is 4.48. The fraction of sp³-hybridized carbons (Fsp3) is 0.591. The molecule has 0 aliphatic carbocycles. The van der Waals surface area contributed by atoms with Gasteiger partial charge in [-0.25, -0.2) is 4.79 Å². The summed E-state index contributed by atoms with van der Waals surface area (Å²) in [6, 6.07) is 4.58. The molecular weight excluding hydrogens is 436 g/mol. The highest BCUT2D eigenvalue weighted by atomic mass is 35.5. The number of hydrogen-bond acceptors (Lipinski definition) is 6. The van der Waals surface area contributed by atoms with E-state index in [0.717, 1.165) is 38.8 Å². The number of nitrogens with zero attached hydrogens (tertiary/aromatic N) is 2. The predicted octanol–water partition coefficient (Wildman–Crippen LogP) is 1.94. The Hall–Kier alpha value is -2.36. The van der Waals surface area contributed by atoms with Gasteiger partial charge in [-0.2, -0.15) is 0 Å². The minimum atomic E-state index is -0.505. The third-order valence-electron chi connectivity index (χ3n) is 6.17. The highest BCUT2D eigenvalue weighted by Gasteiger charge is 2.30. The average molecular weight is 467 g/mol. The van der Waals surface area contributed by atoms with Crippen LogP contribution in [-0.4, -0.2) is 74.8 Å². The van der Waals surface area contributed by atoms with Crippen LogP contribution in [0.3, 0.4) is 0 Å². The first-order valence-electron chi connectivity index (χ1n) is 11.0. The van der Waals surface area contributed by atoms with Crippen molar-refractivity contribution < 1.29 is 23.9 Å². The van der Waals surface area contributed by atoms with E-state index in [-0.39, 0.29) is 43.3 Å². The number of ether oxygens (including phenoxy) is 2. The lowest BCUT2D eigenvalue weighted by atomic mass is 10.0. The maximum Gasteiger partial charge on any atom is 0.328 e. The molecule has 4 amide bonds. The largest absolute Gasteiger partial charge is 0.495 e. The van der Waals surface area contributed by atoms with E-state index in [4.69, 9.17) is 9.47 Å². The lowest BCUT2D eigenvalue weighted by molar-refractivity contribution is -0.120. The fourth-order valence-electron chi connectivity index (χ4n) is 4.41. The van der Waals surface area contributed by atoms with Gasteiger partial charge in [-0.05, 0) is 57.0 Å². The molecule has 1 aromatic rings. The summed E-state index contributed by atoms with van der Waals surface area (Å²) in [5.74, 6) is 0.106. The Morgan fingerprint density at radius 2 is 1.72 bits per heavy atom. The second-order valence-corrected chi connectivity index (χ2v) is 8.22. The Morgan fingerprint density at radius 3 is 2.38 bits per heavy atom. The predicted molar refractivity (Wildman–Crippen MR) is 122 cm³/mol. The molecule has 0 atom stereocenters. The molecule has 0 aromatic heterocycles. The monoisotopic (exact) mass is 466 g/mol. The van der Waals surface area contributed by atoms with Crippen LogP contribution in [0, 0.1) is 0 Å². The third kappa shape index (κ3) is 5.51. The van der Waals surface area contributed by atoms with E-state index in [2.05, 4.69) is 10.6 Å². The molecule has 0 radical (unpaired) electrons. The third-order valence-corrected chi connectivity index (χ3v) is 6.17. The number of urea groups is 1. The van der Waals surface area contributed by atoms with Crippen LogP contribution in [0.4, 0.5) is 10.5 Å². The number of carbonyl (C=O) groups excluding carboxylic acids is 3. The smallest absolute Gasteiger partial charge is 0.328 e. The molecule has 10 heteroatoms. The number of carbonyl (C=O) groups is 3. The summed E-state index contributed by atoms with van der Waals surface area (Å²) >= 11 is 0. The van der Waals surface area contributed by atoms with Gasteiger partial charge in [0.25, 0.3) is 5.91 Å². The van der Waals surface area contributed by atoms with Gasteiger partial charge >= 0.3 is 6.03 Å². The van der Waals surface area contributed by atoms with Crippen molar-refractivity contribution in [2.45, 2.75) is 44.3 Å². The zero-order valence-corrected chi connectivity index (χ0v) is 19.1. The molecule has 2 N–H and O–H groups in total. The quantitative estimate of drug-likeness (QED) is 0.687. The van der Waals surface area contributed by atoms with Crippen LogP contribution in [-0.2, 0) is 9.53 Å². The van der Waals surface area contributed by atoms with Crippen LogP contribution in [0.15, 0.2) is 18.2 Å². The summed E-state index contributed by atoms with van der Waals surface area (Å²) < 4.78 is 11.6. The molecule has 4 rings (SSSR count). The normalized spacial score (nSPS) is 20.5. The number of benzene rings is 1. The van der Waals surface area contributed by atoms with Crippen LogP contribution < -0.4 is 20.3 Å². The summed E-state index contributed by atoms with van der Waals surface area (Å²) in [7, 11) is 1.51. The average Bonchev–Trinajstić information content (AvgIpc) is 2.79. The van der Waals surface area contributed by atoms with Crippen molar-refractivity contribution in [2.75, 3.05) is 44.7 Å². The van der Waals surface area contributed by atoms with Gasteiger partial charge in [0.2, 0.25) is 5.91 Å². The summed E-state index contributed by atoms with van der Waals surface area (Å²) in [4.78, 5) is 40.2. The Bertz CT molecular complexity index is 838. The van der Waals surface area contributed by atoms with Crippen LogP contribution in [0.5, 0.6) is 5.75 Å². The van der Waals surface area contributed by atoms with Crippen molar-refractivity contribution in [3.63, 3.8) is 0 Å². The first-order valence-corrected chi connectivity index (χ1v) is 11.0. The zero-order valence-electron chi connectivity index (χ0n) is 18.3. The first kappa shape index (κ1) is 24.3. The Balaban J connectivity index is 0.00000289. The maximum atomic E-state index is 13.1. The molecule has 3 aliphatic heterocycles. The molecule has 0 bridgehead atoms. The van der Waals surface area contributed by atoms with Crippen molar-refractivity contribution in [1.82, 2.24) is 15.5 Å². The SMILES string of the molecule is COc1ccc(C(=O)N2CCC(OC3CCNCC3)CC2)cc1N1CCC(=O)NC1=O.Cl. The van der Waals surface area contributed by atoms with E-state index in [0.29, 0.717) is 36.2 Å². The lowest BCUT2D eigenvalue weighted by Gasteiger charge is -2.35. The van der Waals surface area contributed by atoms with Gasteiger partial charge < -0.3 is 19.7 Å². The molecule has 1 aromatic carbocycles. The van der Waals surface area contributed by atoms with Crippen LogP contribution in [0.25, 0.3) is 0 Å². The Morgan fingerprint density at radius 1 is 1.03 bits per heavy atom. The highest BCUT2D eigenvalue weighted by molar-refractivity contribution is 6.07. The Labute approximate surface area is 194 Å². The number of anilines is 1. The second kappa shape index (κ2) is 11.0. The number of imide groups is 1. The number of piperidine rings is 2. The van der Waals surface area contributed by atoms with Crippen molar-refractivity contribution in [3.05, 3.63) is 23.8 Å². The van der Waals surface area contributed by atoms with E-state index in [1.807, 2.05) is 4.90 Å². The van der Waals surface area contributed by atoms with Gasteiger partial charge in [-0.3, -0.25) is 19.8 Å². The number of nitrogens with one attached hydrogen (secondary N) is 2. The Kier molecular flexibility index (Phi) is 8.33. The molecule has 0 unspecified atom stereocenters. The molecular formula is C22H31ClN4O5. The van der Waals surface area contributed by atoms with Crippen LogP contribution >= 0.6 is 12.4 Å². The lowest BCUT2D eigenvalue weighted by Crippen LogP contribution is -2.49. The minimum Gasteiger partial charge on any atom is -0.495 e. The molecule has 3 heterocycles. The molecule has 3 saturated heterocycles. The van der Waals surface area contributed by atoms with E-state index in [1.54, 1.807) is 18.2 Å². The highest BCUT2D eigenvalue weighted by Crippen LogP contribution is 2.31. The number of likely N-dealkylation sites (tertiary alicyclic amines) is 1. The van der Waals surface area contributed by atoms with E-state index < -0.39 is 6.03 Å². The number of methoxy groups -OCH3 is 1. The van der Waals surface area contributed by atoms with Gasteiger partial charge in [-0.15, -0.1) is 12.4 Å². The molecule has 176 valence electrons. The number of rotatable bonds is 5. The van der Waals surface area contributed by atoms with E-state index >= 15 is 0 Å². The molecule has 3 fully saturated rings. The van der Waals surface area contributed by atoms with Crippen molar-refractivity contribution >= 4 is 35.9 Å². The van der Waals surface area contributed by atoms with Gasteiger partial charge in [0.15, 0.2) is 0 Å². The van der Waals surface area contributed by atoms with Gasteiger partial charge in [0.1, 0.15) is 5.75 Å². The molecule has 0 saturated carbocycles. The molecule has 9 nitrogen and oxygen atoms in total. The second-order valence-electron chi connectivity index (χ2n) is 8.22. The maximum absolute atomic E-state index is 13.1. The molecule has 0 spiro atoms. The van der Waals surface area contributed by atoms with E-state index in [9.17, 15) is 14.4 Å². The van der Waals surface area contributed by atoms with E-state index in [1.165, 1.54) is 12.0 Å². The van der Waals surface area contributed by atoms with Gasteiger partial charge in [0, 0.05) is 31.6 Å². The number of halogens is 1. The van der Waals surface area contributed by atoms with Crippen LogP contribution in [0.2, 0.25) is 0 Å². The topological polar surface area (TPSA) is 100 Å².